The van der Waals surface area contributed by atoms with Gasteiger partial charge in [-0.15, -0.1) is 0 Å². The van der Waals surface area contributed by atoms with Crippen molar-refractivity contribution in [3.63, 3.8) is 0 Å². The molecule has 1 aliphatic heterocycles. The minimum absolute atomic E-state index is 0.541. The number of hydrogen-bond acceptors (Lipinski definition) is 2. The van der Waals surface area contributed by atoms with Crippen LogP contribution < -0.4 is 10.5 Å². The molecule has 6 aromatic rings. The van der Waals surface area contributed by atoms with Gasteiger partial charge in [0.25, 0.3) is 0 Å². The zero-order valence-corrected chi connectivity index (χ0v) is 22.3. The Morgan fingerprint density at radius 3 is 1.75 bits per heavy atom. The first kappa shape index (κ1) is 23.1. The Morgan fingerprint density at radius 1 is 0.500 bits per heavy atom. The van der Waals surface area contributed by atoms with Crippen molar-refractivity contribution < 1.29 is 4.74 Å². The highest BCUT2D eigenvalue weighted by molar-refractivity contribution is 6.30. The molecule has 2 aliphatic rings. The molecule has 0 radical (unpaired) electrons. The summed E-state index contributed by atoms with van der Waals surface area (Å²) in [6.45, 7) is 0. The van der Waals surface area contributed by atoms with Crippen LogP contribution in [0.15, 0.2) is 133 Å². The van der Waals surface area contributed by atoms with E-state index in [1.54, 1.807) is 0 Å². The van der Waals surface area contributed by atoms with Gasteiger partial charge in [0.05, 0.1) is 5.41 Å². The fourth-order valence-corrected chi connectivity index (χ4v) is 6.85. The van der Waals surface area contributed by atoms with E-state index in [-0.39, 0.29) is 0 Å². The van der Waals surface area contributed by atoms with E-state index >= 15 is 0 Å². The third-order valence-electron chi connectivity index (χ3n) is 8.37. The molecule has 1 spiro atoms. The number of halogens is 1. The Labute approximate surface area is 238 Å². The van der Waals surface area contributed by atoms with Crippen LogP contribution in [0, 0.1) is 0 Å². The van der Waals surface area contributed by atoms with Gasteiger partial charge in [-0.2, -0.15) is 0 Å². The summed E-state index contributed by atoms with van der Waals surface area (Å²) >= 11 is 6.73. The highest BCUT2D eigenvalue weighted by Gasteiger charge is 2.51. The number of fused-ring (bicyclic) bond motifs is 9. The normalized spacial score (nSPS) is 13.6. The number of para-hydroxylation sites is 2. The number of rotatable bonds is 2. The topological polar surface area (TPSA) is 35.2 Å². The smallest absolute Gasteiger partial charge is 0.132 e. The first-order valence-electron chi connectivity index (χ1n) is 13.4. The number of anilines is 1. The van der Waals surface area contributed by atoms with Gasteiger partial charge < -0.3 is 10.5 Å². The highest BCUT2D eigenvalue weighted by Crippen LogP contribution is 2.63. The first-order chi connectivity index (χ1) is 19.6. The molecular weight excluding hydrogens is 510 g/mol. The van der Waals surface area contributed by atoms with Crippen LogP contribution in [-0.4, -0.2) is 0 Å². The molecule has 8 rings (SSSR count). The molecule has 2 N–H and O–H groups in total. The first-order valence-corrected chi connectivity index (χ1v) is 13.8. The fraction of sp³-hybridized carbons (Fsp3) is 0.0270. The zero-order valence-electron chi connectivity index (χ0n) is 21.6. The zero-order chi connectivity index (χ0) is 26.8. The van der Waals surface area contributed by atoms with Crippen LogP contribution in [0.1, 0.15) is 22.3 Å². The fourth-order valence-electron chi connectivity index (χ4n) is 6.68. The standard InChI is InChI=1S/C37H24ClNO/c38-26-18-21-29-33(22-26)37(30-7-1-3-10-34(30)40-35-11-4-2-8-31(35)37)32-9-5-6-28(36(29)32)25-14-12-23(13-15-25)24-16-19-27(39)20-17-24/h1-22H,39H2. The summed E-state index contributed by atoms with van der Waals surface area (Å²) in [6.07, 6.45) is 0. The lowest BCUT2D eigenvalue weighted by Gasteiger charge is -2.39. The average molecular weight is 534 g/mol. The van der Waals surface area contributed by atoms with Gasteiger partial charge in [-0.25, -0.2) is 0 Å². The minimum atomic E-state index is -0.541. The molecule has 2 nitrogen and oxygen atoms in total. The van der Waals surface area contributed by atoms with Gasteiger partial charge in [-0.3, -0.25) is 0 Å². The molecule has 1 aliphatic carbocycles. The molecule has 0 bridgehead atoms. The van der Waals surface area contributed by atoms with E-state index in [0.29, 0.717) is 0 Å². The SMILES string of the molecule is Nc1ccc(-c2ccc(-c3cccc4c3-c3ccc(Cl)cc3C43c4ccccc4Oc4ccccc43)cc2)cc1. The van der Waals surface area contributed by atoms with Gasteiger partial charge in [-0.05, 0) is 80.9 Å². The van der Waals surface area contributed by atoms with Crippen molar-refractivity contribution in [3.8, 4) is 44.9 Å². The predicted molar refractivity (Wildman–Crippen MR) is 164 cm³/mol. The summed E-state index contributed by atoms with van der Waals surface area (Å²) in [4.78, 5) is 0. The molecule has 3 heteroatoms. The molecule has 0 fully saturated rings. The molecule has 0 atom stereocenters. The predicted octanol–water partition coefficient (Wildman–Crippen LogP) is 9.72. The monoisotopic (exact) mass is 533 g/mol. The Hall–Kier alpha value is -4.79. The maximum atomic E-state index is 6.73. The summed E-state index contributed by atoms with van der Waals surface area (Å²) in [5, 5.41) is 0.724. The largest absolute Gasteiger partial charge is 0.457 e. The van der Waals surface area contributed by atoms with Crippen LogP contribution in [0.25, 0.3) is 33.4 Å². The van der Waals surface area contributed by atoms with Gasteiger partial charge in [0.1, 0.15) is 11.5 Å². The highest BCUT2D eigenvalue weighted by atomic mass is 35.5. The van der Waals surface area contributed by atoms with E-state index in [2.05, 4.69) is 103 Å². The quantitative estimate of drug-likeness (QED) is 0.224. The van der Waals surface area contributed by atoms with Crippen LogP contribution in [0.3, 0.4) is 0 Å². The summed E-state index contributed by atoms with van der Waals surface area (Å²) < 4.78 is 6.46. The number of benzene rings is 6. The van der Waals surface area contributed by atoms with Crippen molar-refractivity contribution in [3.05, 3.63) is 161 Å². The van der Waals surface area contributed by atoms with E-state index in [1.165, 1.54) is 33.4 Å². The van der Waals surface area contributed by atoms with E-state index in [9.17, 15) is 0 Å². The summed E-state index contributed by atoms with van der Waals surface area (Å²) in [6, 6.07) is 46.6. The van der Waals surface area contributed by atoms with Gasteiger partial charge in [0.2, 0.25) is 0 Å². The van der Waals surface area contributed by atoms with E-state index in [4.69, 9.17) is 22.1 Å². The van der Waals surface area contributed by atoms with Crippen LogP contribution in [-0.2, 0) is 5.41 Å². The van der Waals surface area contributed by atoms with Gasteiger partial charge in [0.15, 0.2) is 0 Å². The second kappa shape index (κ2) is 8.61. The van der Waals surface area contributed by atoms with Gasteiger partial charge in [0, 0.05) is 21.8 Å². The average Bonchev–Trinajstić information content (AvgIpc) is 3.28. The van der Waals surface area contributed by atoms with Gasteiger partial charge in [-0.1, -0.05) is 109 Å². The Kier molecular flexibility index (Phi) is 4.98. The molecule has 40 heavy (non-hydrogen) atoms. The molecule has 1 heterocycles. The Morgan fingerprint density at radius 2 is 1.07 bits per heavy atom. The van der Waals surface area contributed by atoms with Crippen molar-refractivity contribution >= 4 is 17.3 Å². The maximum Gasteiger partial charge on any atom is 0.132 e. The van der Waals surface area contributed by atoms with Crippen LogP contribution >= 0.6 is 11.6 Å². The molecule has 0 aromatic heterocycles. The third kappa shape index (κ3) is 3.17. The van der Waals surface area contributed by atoms with E-state index < -0.39 is 5.41 Å². The molecule has 0 amide bonds. The van der Waals surface area contributed by atoms with Crippen LogP contribution in [0.5, 0.6) is 11.5 Å². The lowest BCUT2D eigenvalue weighted by molar-refractivity contribution is 0.436. The number of nitrogens with two attached hydrogens (primary N) is 1. The minimum Gasteiger partial charge on any atom is -0.457 e. The van der Waals surface area contributed by atoms with Crippen molar-refractivity contribution in [2.24, 2.45) is 0 Å². The summed E-state index contributed by atoms with van der Waals surface area (Å²) in [7, 11) is 0. The van der Waals surface area contributed by atoms with Crippen LogP contribution in [0.4, 0.5) is 5.69 Å². The van der Waals surface area contributed by atoms with E-state index in [1.807, 2.05) is 30.3 Å². The Balaban J connectivity index is 1.41. The third-order valence-corrected chi connectivity index (χ3v) is 8.60. The second-order valence-electron chi connectivity index (χ2n) is 10.5. The van der Waals surface area contributed by atoms with Crippen LogP contribution in [0.2, 0.25) is 5.02 Å². The number of nitrogen functional groups attached to an aromatic ring is 1. The second-order valence-corrected chi connectivity index (χ2v) is 10.9. The maximum absolute atomic E-state index is 6.73. The lowest BCUT2D eigenvalue weighted by atomic mass is 9.66. The van der Waals surface area contributed by atoms with Crippen molar-refractivity contribution in [2.45, 2.75) is 5.41 Å². The molecule has 0 unspecified atom stereocenters. The Bertz CT molecular complexity index is 1890. The van der Waals surface area contributed by atoms with Gasteiger partial charge >= 0.3 is 0 Å². The molecule has 190 valence electrons. The van der Waals surface area contributed by atoms with E-state index in [0.717, 1.165) is 44.5 Å². The van der Waals surface area contributed by atoms with Crippen molar-refractivity contribution in [1.82, 2.24) is 0 Å². The number of ether oxygens (including phenoxy) is 1. The molecular formula is C37H24ClNO. The lowest BCUT2D eigenvalue weighted by Crippen LogP contribution is -2.32. The molecule has 0 saturated carbocycles. The molecule has 0 saturated heterocycles. The summed E-state index contributed by atoms with van der Waals surface area (Å²) in [5.74, 6) is 1.75. The van der Waals surface area contributed by atoms with Crippen molar-refractivity contribution in [1.29, 1.82) is 0 Å². The molecule has 6 aromatic carbocycles. The number of hydrogen-bond donors (Lipinski definition) is 1. The summed E-state index contributed by atoms with van der Waals surface area (Å²) in [5.41, 5.74) is 17.9. The van der Waals surface area contributed by atoms with Crippen molar-refractivity contribution in [2.75, 3.05) is 5.73 Å².